The summed E-state index contributed by atoms with van der Waals surface area (Å²) in [5.74, 6) is 1.38. The summed E-state index contributed by atoms with van der Waals surface area (Å²) in [6, 6.07) is 0. The number of carbonyl (C=O) groups is 1. The maximum absolute atomic E-state index is 11.9. The average Bonchev–Trinajstić information content (AvgIpc) is 2.98. The molecule has 0 aromatic carbocycles. The summed E-state index contributed by atoms with van der Waals surface area (Å²) < 4.78 is 2.05. The lowest BCUT2D eigenvalue weighted by atomic mass is 10.2. The Balaban J connectivity index is 2.00. The Morgan fingerprint density at radius 1 is 1.47 bits per heavy atom. The highest BCUT2D eigenvalue weighted by Gasteiger charge is 2.21. The van der Waals surface area contributed by atoms with Crippen LogP contribution in [0.15, 0.2) is 12.4 Å². The number of aromatic nitrogens is 4. The molecule has 2 N–H and O–H groups in total. The second-order valence-electron chi connectivity index (χ2n) is 4.72. The number of imidazole rings is 2. The van der Waals surface area contributed by atoms with Gasteiger partial charge in [0.2, 0.25) is 0 Å². The van der Waals surface area contributed by atoms with E-state index in [0.717, 1.165) is 37.3 Å². The number of fused-ring (bicyclic) bond motifs is 1. The zero-order valence-corrected chi connectivity index (χ0v) is 10.9. The molecule has 19 heavy (non-hydrogen) atoms. The monoisotopic (exact) mass is 259 g/mol. The van der Waals surface area contributed by atoms with Gasteiger partial charge in [-0.3, -0.25) is 4.79 Å². The maximum Gasteiger partial charge on any atom is 0.271 e. The lowest BCUT2D eigenvalue weighted by Crippen LogP contribution is -2.23. The van der Waals surface area contributed by atoms with Crippen LogP contribution in [0.1, 0.15) is 35.9 Å². The number of aryl methyl sites for hydroxylation is 2. The summed E-state index contributed by atoms with van der Waals surface area (Å²) in [5.41, 5.74) is 1.43. The van der Waals surface area contributed by atoms with Gasteiger partial charge in [0.25, 0.3) is 5.91 Å². The van der Waals surface area contributed by atoms with Crippen molar-refractivity contribution in [2.24, 2.45) is 0 Å². The van der Waals surface area contributed by atoms with Crippen molar-refractivity contribution in [1.29, 1.82) is 0 Å². The molecular weight excluding hydrogens is 242 g/mol. The van der Waals surface area contributed by atoms with Gasteiger partial charge in [-0.05, 0) is 19.3 Å². The van der Waals surface area contributed by atoms with E-state index in [1.807, 2.05) is 6.20 Å². The van der Waals surface area contributed by atoms with E-state index >= 15 is 0 Å². The third-order valence-corrected chi connectivity index (χ3v) is 3.27. The summed E-state index contributed by atoms with van der Waals surface area (Å²) in [7, 11) is 0. The molecule has 2 aromatic heterocycles. The lowest BCUT2D eigenvalue weighted by molar-refractivity contribution is 0.0951. The molecule has 0 spiro atoms. The van der Waals surface area contributed by atoms with Crippen molar-refractivity contribution in [1.82, 2.24) is 24.8 Å². The maximum atomic E-state index is 11.9. The molecular formula is C13H17N5O. The van der Waals surface area contributed by atoms with Gasteiger partial charge in [0, 0.05) is 31.2 Å². The van der Waals surface area contributed by atoms with Crippen LogP contribution in [-0.2, 0) is 13.0 Å². The molecule has 3 rings (SSSR count). The first-order chi connectivity index (χ1) is 9.29. The molecule has 1 aliphatic heterocycles. The molecule has 0 saturated heterocycles. The second-order valence-corrected chi connectivity index (χ2v) is 4.72. The van der Waals surface area contributed by atoms with Gasteiger partial charge in [-0.2, -0.15) is 0 Å². The normalized spacial score (nSPS) is 14.9. The van der Waals surface area contributed by atoms with Crippen LogP contribution in [-0.4, -0.2) is 32.0 Å². The quantitative estimate of drug-likeness (QED) is 0.873. The van der Waals surface area contributed by atoms with E-state index in [9.17, 15) is 4.79 Å². The molecule has 0 fully saturated rings. The van der Waals surface area contributed by atoms with E-state index in [0.29, 0.717) is 18.1 Å². The van der Waals surface area contributed by atoms with Crippen LogP contribution < -0.4 is 5.32 Å². The second kappa shape index (κ2) is 4.87. The van der Waals surface area contributed by atoms with Gasteiger partial charge in [0.15, 0.2) is 11.6 Å². The molecule has 0 aliphatic carbocycles. The van der Waals surface area contributed by atoms with Crippen molar-refractivity contribution >= 4 is 5.91 Å². The minimum atomic E-state index is -0.0939. The molecule has 6 nitrogen and oxygen atoms in total. The SMILES string of the molecule is CCCn1ccnc1-c1nc2c([nH]1)CCCNC2=O. The van der Waals surface area contributed by atoms with Gasteiger partial charge < -0.3 is 14.9 Å². The van der Waals surface area contributed by atoms with Crippen LogP contribution in [0.3, 0.4) is 0 Å². The summed E-state index contributed by atoms with van der Waals surface area (Å²) in [6.45, 7) is 3.73. The van der Waals surface area contributed by atoms with E-state index < -0.39 is 0 Å². The van der Waals surface area contributed by atoms with Gasteiger partial charge in [-0.15, -0.1) is 0 Å². The zero-order valence-electron chi connectivity index (χ0n) is 10.9. The Hall–Kier alpha value is -2.11. The predicted molar refractivity (Wildman–Crippen MR) is 70.8 cm³/mol. The summed E-state index contributed by atoms with van der Waals surface area (Å²) in [6.07, 6.45) is 6.51. The lowest BCUT2D eigenvalue weighted by Gasteiger charge is -2.03. The Labute approximate surface area is 111 Å². The summed E-state index contributed by atoms with van der Waals surface area (Å²) in [4.78, 5) is 23.9. The van der Waals surface area contributed by atoms with Crippen LogP contribution >= 0.6 is 0 Å². The molecule has 0 unspecified atom stereocenters. The Bertz CT molecular complexity index is 598. The zero-order chi connectivity index (χ0) is 13.2. The number of H-pyrrole nitrogens is 1. The molecule has 1 aliphatic rings. The number of hydrogen-bond acceptors (Lipinski definition) is 3. The number of rotatable bonds is 3. The van der Waals surface area contributed by atoms with Gasteiger partial charge in [0.1, 0.15) is 5.69 Å². The summed E-state index contributed by atoms with van der Waals surface area (Å²) in [5, 5.41) is 2.85. The van der Waals surface area contributed by atoms with Crippen LogP contribution in [0.2, 0.25) is 0 Å². The Morgan fingerprint density at radius 2 is 2.37 bits per heavy atom. The fourth-order valence-corrected chi connectivity index (χ4v) is 2.38. The molecule has 0 atom stereocenters. The first-order valence-electron chi connectivity index (χ1n) is 6.68. The van der Waals surface area contributed by atoms with Crippen molar-refractivity contribution in [3.63, 3.8) is 0 Å². The first-order valence-corrected chi connectivity index (χ1v) is 6.68. The number of nitrogens with zero attached hydrogens (tertiary/aromatic N) is 3. The van der Waals surface area contributed by atoms with Gasteiger partial charge in [-0.25, -0.2) is 9.97 Å². The highest BCUT2D eigenvalue weighted by Crippen LogP contribution is 2.19. The third kappa shape index (κ3) is 2.14. The van der Waals surface area contributed by atoms with Crippen molar-refractivity contribution in [3.05, 3.63) is 23.8 Å². The number of nitrogens with one attached hydrogen (secondary N) is 2. The van der Waals surface area contributed by atoms with Crippen LogP contribution in [0, 0.1) is 0 Å². The van der Waals surface area contributed by atoms with E-state index in [1.54, 1.807) is 6.20 Å². The van der Waals surface area contributed by atoms with Crippen LogP contribution in [0.25, 0.3) is 11.6 Å². The molecule has 100 valence electrons. The molecule has 0 radical (unpaired) electrons. The number of hydrogen-bond donors (Lipinski definition) is 2. The highest BCUT2D eigenvalue weighted by atomic mass is 16.1. The van der Waals surface area contributed by atoms with E-state index in [4.69, 9.17) is 0 Å². The van der Waals surface area contributed by atoms with Gasteiger partial charge >= 0.3 is 0 Å². The van der Waals surface area contributed by atoms with Crippen molar-refractivity contribution in [3.8, 4) is 11.6 Å². The molecule has 3 heterocycles. The van der Waals surface area contributed by atoms with Crippen molar-refractivity contribution in [2.45, 2.75) is 32.7 Å². The van der Waals surface area contributed by atoms with E-state index in [-0.39, 0.29) is 5.91 Å². The van der Waals surface area contributed by atoms with Crippen molar-refractivity contribution < 1.29 is 4.79 Å². The minimum absolute atomic E-state index is 0.0939. The van der Waals surface area contributed by atoms with E-state index in [1.165, 1.54) is 0 Å². The Kier molecular flexibility index (Phi) is 3.06. The van der Waals surface area contributed by atoms with Crippen LogP contribution in [0.5, 0.6) is 0 Å². The standard InChI is InChI=1S/C13H17N5O/c1-2-7-18-8-6-14-12(18)11-16-9-4-3-5-15-13(19)10(9)17-11/h6,8H,2-5,7H2,1H3,(H,15,19)(H,16,17). The Morgan fingerprint density at radius 3 is 3.21 bits per heavy atom. The number of amides is 1. The fraction of sp³-hybridized carbons (Fsp3) is 0.462. The van der Waals surface area contributed by atoms with Crippen LogP contribution in [0.4, 0.5) is 0 Å². The minimum Gasteiger partial charge on any atom is -0.351 e. The van der Waals surface area contributed by atoms with Crippen molar-refractivity contribution in [2.75, 3.05) is 6.54 Å². The first kappa shape index (κ1) is 12.0. The smallest absolute Gasteiger partial charge is 0.271 e. The topological polar surface area (TPSA) is 75.6 Å². The third-order valence-electron chi connectivity index (χ3n) is 3.27. The fourth-order valence-electron chi connectivity index (χ4n) is 2.38. The summed E-state index contributed by atoms with van der Waals surface area (Å²) >= 11 is 0. The molecule has 1 amide bonds. The predicted octanol–water partition coefficient (Wildman–Crippen LogP) is 1.36. The van der Waals surface area contributed by atoms with E-state index in [2.05, 4.69) is 31.8 Å². The number of carbonyl (C=O) groups excluding carboxylic acids is 1. The molecule has 2 aromatic rings. The highest BCUT2D eigenvalue weighted by molar-refractivity contribution is 5.94. The van der Waals surface area contributed by atoms with Gasteiger partial charge in [0.05, 0.1) is 0 Å². The molecule has 0 bridgehead atoms. The molecule has 0 saturated carbocycles. The number of aromatic amines is 1. The van der Waals surface area contributed by atoms with Gasteiger partial charge in [-0.1, -0.05) is 6.92 Å². The molecule has 6 heteroatoms. The largest absolute Gasteiger partial charge is 0.351 e. The average molecular weight is 259 g/mol.